The molecule has 0 N–H and O–H groups in total. The summed E-state index contributed by atoms with van der Waals surface area (Å²) in [5.74, 6) is 0.627. The van der Waals surface area contributed by atoms with Crippen molar-refractivity contribution in [1.29, 1.82) is 0 Å². The minimum absolute atomic E-state index is 0.0996. The van der Waals surface area contributed by atoms with Gasteiger partial charge in [0.25, 0.3) is 0 Å². The summed E-state index contributed by atoms with van der Waals surface area (Å²) >= 11 is 5.92. The third-order valence-corrected chi connectivity index (χ3v) is 3.58. The Morgan fingerprint density at radius 3 is 2.46 bits per heavy atom. The number of anilines is 2. The smallest absolute Gasteiger partial charge is 0.301 e. The molecule has 0 aliphatic rings. The fourth-order valence-corrected chi connectivity index (χ4v) is 2.44. The number of rotatable bonds is 5. The SMILES string of the molecule is O=[N+]([O-])c1c(Cl)ncnc1N(Cc1ccccc1)c1ccccn1. The lowest BCUT2D eigenvalue weighted by molar-refractivity contribution is -0.384. The van der Waals surface area contributed by atoms with Crippen molar-refractivity contribution in [2.45, 2.75) is 6.54 Å². The van der Waals surface area contributed by atoms with Gasteiger partial charge in [0.2, 0.25) is 11.0 Å². The Bertz CT molecular complexity index is 846. The molecule has 0 saturated carbocycles. The van der Waals surface area contributed by atoms with Crippen LogP contribution in [0.25, 0.3) is 0 Å². The molecule has 3 rings (SSSR count). The number of hydrogen-bond acceptors (Lipinski definition) is 6. The lowest BCUT2D eigenvalue weighted by Gasteiger charge is -2.22. The molecule has 2 heterocycles. The number of pyridine rings is 1. The third kappa shape index (κ3) is 3.31. The number of aromatic nitrogens is 3. The van der Waals surface area contributed by atoms with Crippen LogP contribution < -0.4 is 4.90 Å². The number of nitrogens with zero attached hydrogens (tertiary/aromatic N) is 5. The molecule has 0 radical (unpaired) electrons. The molecule has 0 aliphatic carbocycles. The lowest BCUT2D eigenvalue weighted by atomic mass is 10.2. The maximum Gasteiger partial charge on any atom is 0.348 e. The van der Waals surface area contributed by atoms with Gasteiger partial charge < -0.3 is 4.90 Å². The molecule has 3 aromatic rings. The van der Waals surface area contributed by atoms with Gasteiger partial charge in [-0.2, -0.15) is 0 Å². The van der Waals surface area contributed by atoms with Crippen molar-refractivity contribution in [2.75, 3.05) is 4.90 Å². The number of nitro groups is 1. The fraction of sp³-hybridized carbons (Fsp3) is 0.0625. The van der Waals surface area contributed by atoms with Crippen molar-refractivity contribution in [3.05, 3.63) is 81.9 Å². The van der Waals surface area contributed by atoms with Crippen LogP contribution in [0, 0.1) is 10.1 Å². The maximum atomic E-state index is 11.4. The van der Waals surface area contributed by atoms with E-state index in [0.717, 1.165) is 5.56 Å². The molecule has 0 saturated heterocycles. The predicted octanol–water partition coefficient (Wildman–Crippen LogP) is 3.77. The molecule has 0 amide bonds. The molecule has 0 bridgehead atoms. The van der Waals surface area contributed by atoms with E-state index in [9.17, 15) is 10.1 Å². The first-order valence-corrected chi connectivity index (χ1v) is 7.42. The molecule has 0 spiro atoms. The van der Waals surface area contributed by atoms with Crippen molar-refractivity contribution in [3.8, 4) is 0 Å². The molecule has 2 aromatic heterocycles. The molecule has 8 heteroatoms. The van der Waals surface area contributed by atoms with E-state index in [1.165, 1.54) is 6.33 Å². The summed E-state index contributed by atoms with van der Waals surface area (Å²) < 4.78 is 0. The molecule has 7 nitrogen and oxygen atoms in total. The van der Waals surface area contributed by atoms with E-state index in [2.05, 4.69) is 15.0 Å². The van der Waals surface area contributed by atoms with Crippen molar-refractivity contribution in [1.82, 2.24) is 15.0 Å². The van der Waals surface area contributed by atoms with Gasteiger partial charge in [0, 0.05) is 6.20 Å². The second-order valence-electron chi connectivity index (χ2n) is 4.85. The fourth-order valence-electron chi connectivity index (χ4n) is 2.25. The average Bonchev–Trinajstić information content (AvgIpc) is 2.61. The molecule has 0 fully saturated rings. The highest BCUT2D eigenvalue weighted by molar-refractivity contribution is 6.31. The zero-order chi connectivity index (χ0) is 16.9. The Kier molecular flexibility index (Phi) is 4.62. The van der Waals surface area contributed by atoms with Crippen LogP contribution in [-0.4, -0.2) is 19.9 Å². The minimum Gasteiger partial charge on any atom is -0.301 e. The van der Waals surface area contributed by atoms with E-state index in [-0.39, 0.29) is 16.7 Å². The molecule has 0 atom stereocenters. The largest absolute Gasteiger partial charge is 0.348 e. The van der Waals surface area contributed by atoms with Crippen molar-refractivity contribution < 1.29 is 4.92 Å². The Balaban J connectivity index is 2.12. The third-order valence-electron chi connectivity index (χ3n) is 3.31. The van der Waals surface area contributed by atoms with E-state index in [0.29, 0.717) is 12.4 Å². The summed E-state index contributed by atoms with van der Waals surface area (Å²) in [6.07, 6.45) is 2.81. The van der Waals surface area contributed by atoms with E-state index >= 15 is 0 Å². The standard InChI is InChI=1S/C16H12ClN5O2/c17-15-14(22(23)24)16(20-11-19-15)21(13-8-4-5-9-18-13)10-12-6-2-1-3-7-12/h1-9,11H,10H2. The number of hydrogen-bond donors (Lipinski definition) is 0. The maximum absolute atomic E-state index is 11.4. The lowest BCUT2D eigenvalue weighted by Crippen LogP contribution is -2.20. The van der Waals surface area contributed by atoms with Gasteiger partial charge in [-0.15, -0.1) is 0 Å². The highest BCUT2D eigenvalue weighted by Crippen LogP contribution is 2.35. The van der Waals surface area contributed by atoms with Crippen LogP contribution in [0.15, 0.2) is 61.1 Å². The van der Waals surface area contributed by atoms with Gasteiger partial charge in [-0.25, -0.2) is 15.0 Å². The average molecular weight is 342 g/mol. The van der Waals surface area contributed by atoms with Crippen LogP contribution in [0.3, 0.4) is 0 Å². The summed E-state index contributed by atoms with van der Waals surface area (Å²) in [5.41, 5.74) is 0.605. The minimum atomic E-state index is -0.585. The van der Waals surface area contributed by atoms with E-state index in [1.54, 1.807) is 29.3 Å². The molecule has 120 valence electrons. The Morgan fingerprint density at radius 1 is 1.04 bits per heavy atom. The summed E-state index contributed by atoms with van der Waals surface area (Å²) in [4.78, 5) is 24.6. The van der Waals surface area contributed by atoms with Crippen molar-refractivity contribution >= 4 is 28.9 Å². The number of benzene rings is 1. The zero-order valence-corrected chi connectivity index (χ0v) is 13.2. The Hall–Kier alpha value is -3.06. The zero-order valence-electron chi connectivity index (χ0n) is 12.4. The van der Waals surface area contributed by atoms with E-state index < -0.39 is 4.92 Å². The summed E-state index contributed by atoms with van der Waals surface area (Å²) in [6.45, 7) is 0.353. The second kappa shape index (κ2) is 7.01. The van der Waals surface area contributed by atoms with Crippen molar-refractivity contribution in [3.63, 3.8) is 0 Å². The molecule has 0 unspecified atom stereocenters. The first-order valence-electron chi connectivity index (χ1n) is 7.04. The molecule has 0 aliphatic heterocycles. The van der Waals surface area contributed by atoms with Crippen LogP contribution in [0.4, 0.5) is 17.3 Å². The van der Waals surface area contributed by atoms with Gasteiger partial charge in [-0.05, 0) is 17.7 Å². The van der Waals surface area contributed by atoms with Gasteiger partial charge in [0.1, 0.15) is 12.1 Å². The topological polar surface area (TPSA) is 85.0 Å². The molecular weight excluding hydrogens is 330 g/mol. The summed E-state index contributed by atoms with van der Waals surface area (Å²) in [7, 11) is 0. The number of halogens is 1. The van der Waals surface area contributed by atoms with E-state index in [4.69, 9.17) is 11.6 Å². The first kappa shape index (κ1) is 15.8. The molecule has 24 heavy (non-hydrogen) atoms. The van der Waals surface area contributed by atoms with Crippen LogP contribution in [0.2, 0.25) is 5.15 Å². The monoisotopic (exact) mass is 341 g/mol. The van der Waals surface area contributed by atoms with Crippen LogP contribution in [-0.2, 0) is 6.54 Å². The van der Waals surface area contributed by atoms with Gasteiger partial charge in [-0.1, -0.05) is 48.0 Å². The van der Waals surface area contributed by atoms with Gasteiger partial charge in [0.15, 0.2) is 0 Å². The second-order valence-corrected chi connectivity index (χ2v) is 5.21. The molecular formula is C16H12ClN5O2. The van der Waals surface area contributed by atoms with Crippen molar-refractivity contribution in [2.24, 2.45) is 0 Å². The van der Waals surface area contributed by atoms with Gasteiger partial charge in [0.05, 0.1) is 11.5 Å². The predicted molar refractivity (Wildman–Crippen MR) is 90.2 cm³/mol. The van der Waals surface area contributed by atoms with Gasteiger partial charge in [-0.3, -0.25) is 10.1 Å². The quantitative estimate of drug-likeness (QED) is 0.399. The Labute approximate surface area is 142 Å². The normalized spacial score (nSPS) is 10.4. The highest BCUT2D eigenvalue weighted by atomic mass is 35.5. The van der Waals surface area contributed by atoms with Crippen LogP contribution in [0.1, 0.15) is 5.56 Å². The summed E-state index contributed by atoms with van der Waals surface area (Å²) in [5, 5.41) is 11.2. The van der Waals surface area contributed by atoms with Crippen LogP contribution in [0.5, 0.6) is 0 Å². The highest BCUT2D eigenvalue weighted by Gasteiger charge is 2.27. The summed E-state index contributed by atoms with van der Waals surface area (Å²) in [6, 6.07) is 14.9. The first-order chi connectivity index (χ1) is 11.7. The van der Waals surface area contributed by atoms with E-state index in [1.807, 2.05) is 30.3 Å². The van der Waals surface area contributed by atoms with Crippen LogP contribution >= 0.6 is 11.6 Å². The van der Waals surface area contributed by atoms with Gasteiger partial charge >= 0.3 is 5.69 Å². The molecule has 1 aromatic carbocycles. The Morgan fingerprint density at radius 2 is 1.79 bits per heavy atom.